The average Bonchev–Trinajstić information content (AvgIpc) is 3.67. The fourth-order valence-corrected chi connectivity index (χ4v) is 5.59. The second-order valence-corrected chi connectivity index (χ2v) is 10.2. The van der Waals surface area contributed by atoms with Gasteiger partial charge in [-0.3, -0.25) is 19.1 Å². The summed E-state index contributed by atoms with van der Waals surface area (Å²) in [5.41, 5.74) is 7.26. The van der Waals surface area contributed by atoms with Crippen LogP contribution >= 0.6 is 11.6 Å². The smallest absolute Gasteiger partial charge is 0.269 e. The maximum Gasteiger partial charge on any atom is 0.269 e. The number of aromatic nitrogens is 3. The van der Waals surface area contributed by atoms with E-state index in [2.05, 4.69) is 15.4 Å². The molecule has 41 heavy (non-hydrogen) atoms. The molecule has 4 N–H and O–H groups in total. The van der Waals surface area contributed by atoms with E-state index in [0.29, 0.717) is 21.5 Å². The molecule has 3 heterocycles. The summed E-state index contributed by atoms with van der Waals surface area (Å²) in [6.07, 6.45) is 0.0352. The molecule has 0 aliphatic carbocycles. The van der Waals surface area contributed by atoms with Crippen molar-refractivity contribution < 1.29 is 23.2 Å². The van der Waals surface area contributed by atoms with Gasteiger partial charge in [-0.1, -0.05) is 41.9 Å². The minimum absolute atomic E-state index is 0.000200. The highest BCUT2D eigenvalue weighted by molar-refractivity contribution is 6.35. The second kappa shape index (κ2) is 10.3. The van der Waals surface area contributed by atoms with Crippen molar-refractivity contribution in [2.45, 2.75) is 25.2 Å². The molecule has 0 radical (unpaired) electrons. The first-order valence-corrected chi connectivity index (χ1v) is 13.1. The zero-order chi connectivity index (χ0) is 28.8. The number of nitrogens with one attached hydrogen (secondary N) is 2. The third-order valence-corrected chi connectivity index (χ3v) is 7.53. The number of fused-ring (bicyclic) bond motifs is 2. The van der Waals surface area contributed by atoms with Gasteiger partial charge in [-0.25, -0.2) is 8.78 Å². The van der Waals surface area contributed by atoms with Gasteiger partial charge >= 0.3 is 0 Å². The van der Waals surface area contributed by atoms with Crippen molar-refractivity contribution in [3.05, 3.63) is 83.4 Å². The highest BCUT2D eigenvalue weighted by atomic mass is 35.5. The fraction of sp³-hybridized carbons (Fsp3) is 0.172. The number of amides is 3. The van der Waals surface area contributed by atoms with E-state index in [1.54, 1.807) is 54.7 Å². The number of para-hydroxylation sites is 1. The summed E-state index contributed by atoms with van der Waals surface area (Å²) in [4.78, 5) is 42.5. The van der Waals surface area contributed by atoms with Crippen molar-refractivity contribution in [3.8, 4) is 11.1 Å². The molecular formula is C29H23ClF2N6O3. The largest absolute Gasteiger partial charge is 0.364 e. The number of primary amides is 1. The van der Waals surface area contributed by atoms with Gasteiger partial charge in [0.05, 0.1) is 28.3 Å². The van der Waals surface area contributed by atoms with E-state index in [-0.39, 0.29) is 36.5 Å². The number of halogens is 3. The third-order valence-electron chi connectivity index (χ3n) is 7.23. The number of likely N-dealkylation sites (tertiary alicyclic amines) is 1. The zero-order valence-corrected chi connectivity index (χ0v) is 22.2. The van der Waals surface area contributed by atoms with Crippen LogP contribution in [0.15, 0.2) is 66.9 Å². The number of aromatic amines is 1. The molecule has 0 saturated carbocycles. The highest BCUT2D eigenvalue weighted by Crippen LogP contribution is 2.34. The minimum Gasteiger partial charge on any atom is -0.364 e. The van der Waals surface area contributed by atoms with E-state index >= 15 is 4.39 Å². The third kappa shape index (κ3) is 4.78. The number of rotatable bonds is 6. The number of hydrogen-bond donors (Lipinski definition) is 3. The van der Waals surface area contributed by atoms with Crippen LogP contribution in [0.5, 0.6) is 0 Å². The van der Waals surface area contributed by atoms with Crippen LogP contribution in [0.2, 0.25) is 5.02 Å². The molecule has 3 aromatic carbocycles. The van der Waals surface area contributed by atoms with Crippen LogP contribution in [0.25, 0.3) is 32.9 Å². The quantitative estimate of drug-likeness (QED) is 0.272. The number of hydrogen-bond acceptors (Lipinski definition) is 4. The summed E-state index contributed by atoms with van der Waals surface area (Å²) in [7, 11) is 0. The lowest BCUT2D eigenvalue weighted by molar-refractivity contribution is -0.137. The van der Waals surface area contributed by atoms with Crippen molar-refractivity contribution in [1.82, 2.24) is 19.7 Å². The molecule has 12 heteroatoms. The molecule has 2 aromatic heterocycles. The summed E-state index contributed by atoms with van der Waals surface area (Å²) in [5, 5.41) is 8.38. The van der Waals surface area contributed by atoms with Crippen molar-refractivity contribution >= 4 is 56.8 Å². The molecule has 2 atom stereocenters. The van der Waals surface area contributed by atoms with E-state index in [1.807, 2.05) is 6.07 Å². The Bertz CT molecular complexity index is 1850. The summed E-state index contributed by atoms with van der Waals surface area (Å²) < 4.78 is 31.5. The number of H-pyrrole nitrogens is 1. The predicted octanol–water partition coefficient (Wildman–Crippen LogP) is 4.65. The lowest BCUT2D eigenvalue weighted by Gasteiger charge is -2.24. The lowest BCUT2D eigenvalue weighted by Crippen LogP contribution is -2.44. The number of alkyl halides is 1. The number of nitrogens with zero attached hydrogens (tertiary/aromatic N) is 3. The molecule has 1 aliphatic rings. The molecule has 0 bridgehead atoms. The van der Waals surface area contributed by atoms with E-state index in [4.69, 9.17) is 17.3 Å². The van der Waals surface area contributed by atoms with Crippen LogP contribution < -0.4 is 11.1 Å². The van der Waals surface area contributed by atoms with Crippen LogP contribution in [0.4, 0.5) is 14.5 Å². The Morgan fingerprint density at radius 3 is 2.73 bits per heavy atom. The molecule has 3 amide bonds. The van der Waals surface area contributed by atoms with Gasteiger partial charge in [0.1, 0.15) is 18.8 Å². The van der Waals surface area contributed by atoms with Crippen LogP contribution in [0.1, 0.15) is 16.9 Å². The summed E-state index contributed by atoms with van der Waals surface area (Å²) in [6, 6.07) is 15.3. The summed E-state index contributed by atoms with van der Waals surface area (Å²) >= 11 is 6.36. The molecule has 1 saturated heterocycles. The Hall–Kier alpha value is -4.77. The Kier molecular flexibility index (Phi) is 6.66. The first-order valence-electron chi connectivity index (χ1n) is 12.8. The van der Waals surface area contributed by atoms with Crippen LogP contribution in [-0.2, 0) is 16.1 Å². The SMILES string of the molecule is NC(=O)c1nn(CC(=O)N2C[C@H](F)C[C@H]2C(=O)Nc2cccc(-c3cc(Cl)c4[nH]ccc4c3)c2F)c2ccccc12. The monoisotopic (exact) mass is 576 g/mol. The van der Waals surface area contributed by atoms with Gasteiger partial charge in [-0.15, -0.1) is 0 Å². The van der Waals surface area contributed by atoms with E-state index in [0.717, 1.165) is 15.8 Å². The van der Waals surface area contributed by atoms with Crippen molar-refractivity contribution in [1.29, 1.82) is 0 Å². The average molecular weight is 577 g/mol. The van der Waals surface area contributed by atoms with Gasteiger partial charge in [0.2, 0.25) is 11.8 Å². The molecule has 6 rings (SSSR count). The zero-order valence-electron chi connectivity index (χ0n) is 21.4. The Morgan fingerprint density at radius 1 is 1.12 bits per heavy atom. The van der Waals surface area contributed by atoms with Gasteiger partial charge < -0.3 is 20.9 Å². The Morgan fingerprint density at radius 2 is 1.93 bits per heavy atom. The maximum absolute atomic E-state index is 15.6. The van der Waals surface area contributed by atoms with E-state index < -0.39 is 35.8 Å². The Labute approximate surface area is 236 Å². The van der Waals surface area contributed by atoms with Crippen LogP contribution in [-0.4, -0.2) is 56.1 Å². The second-order valence-electron chi connectivity index (χ2n) is 9.84. The van der Waals surface area contributed by atoms with Crippen LogP contribution in [0, 0.1) is 5.82 Å². The minimum atomic E-state index is -1.45. The van der Waals surface area contributed by atoms with E-state index in [9.17, 15) is 18.8 Å². The van der Waals surface area contributed by atoms with Gasteiger partial charge in [0, 0.05) is 29.0 Å². The van der Waals surface area contributed by atoms with Crippen LogP contribution in [0.3, 0.4) is 0 Å². The van der Waals surface area contributed by atoms with E-state index in [1.165, 1.54) is 10.7 Å². The molecule has 1 fully saturated rings. The topological polar surface area (TPSA) is 126 Å². The highest BCUT2D eigenvalue weighted by Gasteiger charge is 2.40. The maximum atomic E-state index is 15.6. The van der Waals surface area contributed by atoms with Crippen molar-refractivity contribution in [2.24, 2.45) is 5.73 Å². The first-order chi connectivity index (χ1) is 19.7. The lowest BCUT2D eigenvalue weighted by atomic mass is 10.0. The van der Waals surface area contributed by atoms with Gasteiger partial charge in [-0.05, 0) is 35.9 Å². The normalized spacial score (nSPS) is 16.9. The molecule has 5 aromatic rings. The summed E-state index contributed by atoms with van der Waals surface area (Å²) in [5.74, 6) is -2.76. The number of nitrogens with two attached hydrogens (primary N) is 1. The molecule has 9 nitrogen and oxygen atoms in total. The first kappa shape index (κ1) is 26.5. The molecule has 208 valence electrons. The van der Waals surface area contributed by atoms with Gasteiger partial charge in [-0.2, -0.15) is 5.10 Å². The van der Waals surface area contributed by atoms with Crippen molar-refractivity contribution in [2.75, 3.05) is 11.9 Å². The molecule has 0 unspecified atom stereocenters. The number of benzene rings is 3. The standard InChI is InChI=1S/C29H23ClF2N6O3/c30-20-11-16(10-15-8-9-34-26(15)20)18-5-3-6-21(25(18)32)35-29(41)23-12-17(31)13-37(23)24(39)14-38-22-7-2-1-4-19(22)27(36-38)28(33)40/h1-11,17,23,34H,12-14H2,(H2,33,40)(H,35,41)/t17-,23+/m1/s1. The number of anilines is 1. The summed E-state index contributed by atoms with van der Waals surface area (Å²) in [6.45, 7) is -0.660. The predicted molar refractivity (Wildman–Crippen MR) is 151 cm³/mol. The van der Waals surface area contributed by atoms with Gasteiger partial charge in [0.15, 0.2) is 11.5 Å². The Balaban J connectivity index is 1.24. The molecule has 1 aliphatic heterocycles. The molecule has 0 spiro atoms. The molecular weight excluding hydrogens is 554 g/mol. The number of carbonyl (C=O) groups excluding carboxylic acids is 3. The van der Waals surface area contributed by atoms with Gasteiger partial charge in [0.25, 0.3) is 5.91 Å². The van der Waals surface area contributed by atoms with Crippen molar-refractivity contribution in [3.63, 3.8) is 0 Å². The fourth-order valence-electron chi connectivity index (χ4n) is 5.31. The number of carbonyl (C=O) groups is 3.